The number of rotatable bonds is 12. The number of aromatic amines is 1. The molecule has 0 saturated carbocycles. The topological polar surface area (TPSA) is 197 Å². The standard InChI is InChI=1S/C24H22N4O4S.C21H16N2O3S2/c1-2-26-23(29)17-5-9-20(10-6-17)33(31,32)19-7-3-16(4-8-19)14-27-24(30)22-13-18-15-25-12-11-21(18)28-22;24-21(19-12-16-10-11-22-14-20(16)27-19)23-13-15-6-8-18(9-7-15)28(25,26)17-4-2-1-3-5-17/h3-13,15,28H,2,14H2,1H3,(H,26,29)(H,27,30);1-12,14H,13H2,(H,23,24). The predicted molar refractivity (Wildman–Crippen MR) is 233 cm³/mol. The molecule has 4 N–H and O–H groups in total. The fraction of sp³-hybridized carbons (Fsp3) is 0.0889. The fourth-order valence-corrected chi connectivity index (χ4v) is 9.62. The summed E-state index contributed by atoms with van der Waals surface area (Å²) in [5.41, 5.74) is 3.22. The maximum atomic E-state index is 12.9. The summed E-state index contributed by atoms with van der Waals surface area (Å²) in [6, 6.07) is 34.2. The Balaban J connectivity index is 0.000000186. The zero-order valence-corrected chi connectivity index (χ0v) is 35.0. The van der Waals surface area contributed by atoms with E-state index in [2.05, 4.69) is 30.9 Å². The minimum absolute atomic E-state index is 0.102. The predicted octanol–water partition coefficient (Wildman–Crippen LogP) is 7.13. The van der Waals surface area contributed by atoms with E-state index in [4.69, 9.17) is 0 Å². The fourth-order valence-electron chi connectivity index (χ4n) is 6.13. The summed E-state index contributed by atoms with van der Waals surface area (Å²) in [7, 11) is -7.27. The molecule has 4 aromatic heterocycles. The number of carbonyl (C=O) groups excluding carboxylic acids is 3. The van der Waals surface area contributed by atoms with E-state index in [0.29, 0.717) is 29.2 Å². The number of carbonyl (C=O) groups is 3. The van der Waals surface area contributed by atoms with E-state index >= 15 is 0 Å². The first-order valence-electron chi connectivity index (χ1n) is 18.9. The number of benzene rings is 4. The number of fused-ring (bicyclic) bond motifs is 2. The number of sulfone groups is 2. The SMILES string of the molecule is CCNC(=O)c1ccc(S(=O)(=O)c2ccc(CNC(=O)c3cc4cnccc4[nH]3)cc2)cc1.O=C(NCc1ccc(S(=O)(=O)c2ccccc2)cc1)c1cc2ccncc2s1. The van der Waals surface area contributed by atoms with Crippen LogP contribution in [0.3, 0.4) is 0 Å². The zero-order valence-electron chi connectivity index (χ0n) is 32.5. The second-order valence-corrected chi connectivity index (χ2v) is 18.5. The average Bonchev–Trinajstić information content (AvgIpc) is 3.94. The van der Waals surface area contributed by atoms with E-state index in [1.165, 1.54) is 47.7 Å². The van der Waals surface area contributed by atoms with Crippen LogP contribution < -0.4 is 16.0 Å². The number of thiophene rings is 1. The molecule has 8 rings (SSSR count). The molecular formula is C45H38N6O7S3. The lowest BCUT2D eigenvalue weighted by atomic mass is 10.2. The summed E-state index contributed by atoms with van der Waals surface area (Å²) in [4.78, 5) is 49.1. The highest BCUT2D eigenvalue weighted by Crippen LogP contribution is 2.25. The van der Waals surface area contributed by atoms with Crippen LogP contribution in [0.25, 0.3) is 21.0 Å². The van der Waals surface area contributed by atoms with Gasteiger partial charge in [0.25, 0.3) is 17.7 Å². The Kier molecular flexibility index (Phi) is 12.8. The molecule has 16 heteroatoms. The number of amides is 3. The molecule has 4 aromatic carbocycles. The van der Waals surface area contributed by atoms with Crippen molar-refractivity contribution in [2.24, 2.45) is 0 Å². The van der Waals surface area contributed by atoms with Crippen molar-refractivity contribution in [1.29, 1.82) is 0 Å². The third kappa shape index (κ3) is 9.90. The van der Waals surface area contributed by atoms with Crippen molar-refractivity contribution < 1.29 is 31.2 Å². The monoisotopic (exact) mass is 870 g/mol. The largest absolute Gasteiger partial charge is 0.352 e. The van der Waals surface area contributed by atoms with Crippen molar-refractivity contribution in [3.8, 4) is 0 Å². The van der Waals surface area contributed by atoms with Crippen molar-refractivity contribution in [3.05, 3.63) is 179 Å². The van der Waals surface area contributed by atoms with E-state index in [-0.39, 0.29) is 43.8 Å². The van der Waals surface area contributed by atoms with E-state index in [1.54, 1.807) is 104 Å². The summed E-state index contributed by atoms with van der Waals surface area (Å²) in [6.07, 6.45) is 6.76. The third-order valence-electron chi connectivity index (χ3n) is 9.40. The van der Waals surface area contributed by atoms with Gasteiger partial charge in [-0.05, 0) is 108 Å². The maximum Gasteiger partial charge on any atom is 0.267 e. The van der Waals surface area contributed by atoms with Crippen molar-refractivity contribution in [3.63, 3.8) is 0 Å². The molecule has 3 amide bonds. The second kappa shape index (κ2) is 18.5. The van der Waals surface area contributed by atoms with E-state index in [0.717, 1.165) is 32.1 Å². The molecular weight excluding hydrogens is 833 g/mol. The molecule has 0 fully saturated rings. The Morgan fingerprint density at radius 2 is 1.11 bits per heavy atom. The molecule has 0 aliphatic heterocycles. The van der Waals surface area contributed by atoms with Gasteiger partial charge in [-0.3, -0.25) is 24.4 Å². The van der Waals surface area contributed by atoms with Crippen LogP contribution in [0, 0.1) is 0 Å². The van der Waals surface area contributed by atoms with Crippen molar-refractivity contribution in [2.45, 2.75) is 39.6 Å². The van der Waals surface area contributed by atoms with Crippen LogP contribution in [0.2, 0.25) is 0 Å². The number of H-pyrrole nitrogens is 1. The van der Waals surface area contributed by atoms with Gasteiger partial charge in [0, 0.05) is 60.9 Å². The molecule has 308 valence electrons. The van der Waals surface area contributed by atoms with E-state index < -0.39 is 19.7 Å². The van der Waals surface area contributed by atoms with Gasteiger partial charge in [0.1, 0.15) is 5.69 Å². The molecule has 13 nitrogen and oxygen atoms in total. The van der Waals surface area contributed by atoms with Crippen LogP contribution >= 0.6 is 11.3 Å². The molecule has 61 heavy (non-hydrogen) atoms. The first-order chi connectivity index (χ1) is 29.4. The summed E-state index contributed by atoms with van der Waals surface area (Å²) in [6.45, 7) is 2.86. The average molecular weight is 871 g/mol. The van der Waals surface area contributed by atoms with Gasteiger partial charge < -0.3 is 20.9 Å². The molecule has 0 unspecified atom stereocenters. The van der Waals surface area contributed by atoms with Gasteiger partial charge in [0.2, 0.25) is 19.7 Å². The lowest BCUT2D eigenvalue weighted by molar-refractivity contribution is 0.0941. The minimum atomic E-state index is -3.73. The number of pyridine rings is 2. The lowest BCUT2D eigenvalue weighted by Crippen LogP contribution is -2.23. The highest BCUT2D eigenvalue weighted by atomic mass is 32.2. The lowest BCUT2D eigenvalue weighted by Gasteiger charge is -2.08. The quantitative estimate of drug-likeness (QED) is 0.0987. The summed E-state index contributed by atoms with van der Waals surface area (Å²) in [5.74, 6) is -0.686. The molecule has 0 aliphatic rings. The van der Waals surface area contributed by atoms with Gasteiger partial charge in [0.15, 0.2) is 0 Å². The zero-order chi connectivity index (χ0) is 43.0. The van der Waals surface area contributed by atoms with Crippen LogP contribution in [-0.4, -0.2) is 56.1 Å². The first-order valence-corrected chi connectivity index (χ1v) is 22.6. The summed E-state index contributed by atoms with van der Waals surface area (Å²) < 4.78 is 52.0. The molecule has 0 radical (unpaired) electrons. The van der Waals surface area contributed by atoms with Crippen LogP contribution in [-0.2, 0) is 32.8 Å². The Hall–Kier alpha value is -7.01. The van der Waals surface area contributed by atoms with Crippen molar-refractivity contribution >= 4 is 69.7 Å². The van der Waals surface area contributed by atoms with Gasteiger partial charge in [0.05, 0.1) is 29.2 Å². The van der Waals surface area contributed by atoms with Gasteiger partial charge in [-0.25, -0.2) is 16.8 Å². The van der Waals surface area contributed by atoms with Crippen LogP contribution in [0.15, 0.2) is 172 Å². The van der Waals surface area contributed by atoms with Crippen LogP contribution in [0.1, 0.15) is 48.6 Å². The summed E-state index contributed by atoms with van der Waals surface area (Å²) >= 11 is 1.39. The first kappa shape index (κ1) is 42.1. The number of nitrogens with zero attached hydrogens (tertiary/aromatic N) is 2. The van der Waals surface area contributed by atoms with Gasteiger partial charge in [-0.15, -0.1) is 11.3 Å². The molecule has 0 aliphatic carbocycles. The molecule has 0 saturated heterocycles. The van der Waals surface area contributed by atoms with Crippen molar-refractivity contribution in [1.82, 2.24) is 30.9 Å². The molecule has 0 spiro atoms. The molecule has 8 aromatic rings. The van der Waals surface area contributed by atoms with Gasteiger partial charge >= 0.3 is 0 Å². The van der Waals surface area contributed by atoms with E-state index in [1.807, 2.05) is 19.1 Å². The van der Waals surface area contributed by atoms with Gasteiger partial charge in [-0.1, -0.05) is 42.5 Å². The van der Waals surface area contributed by atoms with E-state index in [9.17, 15) is 31.2 Å². The molecule has 0 atom stereocenters. The Morgan fingerprint density at radius 1 is 0.574 bits per heavy atom. The van der Waals surface area contributed by atoms with Crippen molar-refractivity contribution in [2.75, 3.05) is 6.54 Å². The Bertz CT molecular complexity index is 2990. The Labute approximate surface area is 355 Å². The summed E-state index contributed by atoms with van der Waals surface area (Å²) in [5, 5.41) is 10.2. The highest BCUT2D eigenvalue weighted by Gasteiger charge is 2.19. The minimum Gasteiger partial charge on any atom is -0.352 e. The smallest absolute Gasteiger partial charge is 0.267 e. The second-order valence-electron chi connectivity index (χ2n) is 13.5. The van der Waals surface area contributed by atoms with Crippen LogP contribution in [0.4, 0.5) is 0 Å². The molecule has 4 heterocycles. The van der Waals surface area contributed by atoms with Gasteiger partial charge in [-0.2, -0.15) is 0 Å². The number of aromatic nitrogens is 3. The number of nitrogens with one attached hydrogen (secondary N) is 4. The normalized spacial score (nSPS) is 11.4. The maximum absolute atomic E-state index is 12.9. The number of hydrogen-bond acceptors (Lipinski definition) is 10. The highest BCUT2D eigenvalue weighted by molar-refractivity contribution is 7.91. The number of hydrogen-bond donors (Lipinski definition) is 4. The molecule has 0 bridgehead atoms. The Morgan fingerprint density at radius 3 is 1.69 bits per heavy atom. The van der Waals surface area contributed by atoms with Crippen LogP contribution in [0.5, 0.6) is 0 Å². The third-order valence-corrected chi connectivity index (χ3v) is 14.1.